The van der Waals surface area contributed by atoms with Crippen LogP contribution in [0.1, 0.15) is 36.7 Å². The summed E-state index contributed by atoms with van der Waals surface area (Å²) in [4.78, 5) is 11.7. The van der Waals surface area contributed by atoms with Gasteiger partial charge in [0.05, 0.1) is 6.54 Å². The van der Waals surface area contributed by atoms with Crippen molar-refractivity contribution in [2.75, 3.05) is 6.54 Å². The van der Waals surface area contributed by atoms with Gasteiger partial charge in [0.15, 0.2) is 5.78 Å². The molecule has 0 aliphatic carbocycles. The number of hydrogen-bond acceptors (Lipinski definition) is 2. The zero-order chi connectivity index (χ0) is 11.5. The summed E-state index contributed by atoms with van der Waals surface area (Å²) >= 11 is 0. The van der Waals surface area contributed by atoms with E-state index < -0.39 is 0 Å². The summed E-state index contributed by atoms with van der Waals surface area (Å²) in [6, 6.07) is 7.68. The lowest BCUT2D eigenvalue weighted by atomic mass is 10.1. The number of Topliss-reactive ketones (excluding diaryl/α,β-unsaturated/α-hetero) is 1. The van der Waals surface area contributed by atoms with Gasteiger partial charge in [-0.15, -0.1) is 0 Å². The predicted octanol–water partition coefficient (Wildman–Crippen LogP) is 2.57. The highest BCUT2D eigenvalue weighted by Gasteiger charge is 2.12. The Morgan fingerprint density at radius 3 is 2.20 bits per heavy atom. The van der Waals surface area contributed by atoms with Crippen LogP contribution in [-0.4, -0.2) is 17.9 Å². The molecule has 0 fully saturated rings. The van der Waals surface area contributed by atoms with Crippen molar-refractivity contribution in [1.29, 1.82) is 0 Å². The quantitative estimate of drug-likeness (QED) is 0.768. The molecule has 0 aliphatic rings. The highest BCUT2D eigenvalue weighted by atomic mass is 16.1. The summed E-state index contributed by atoms with van der Waals surface area (Å²) in [7, 11) is 0. The second-order valence-corrected chi connectivity index (χ2v) is 4.89. The van der Waals surface area contributed by atoms with Gasteiger partial charge in [0.2, 0.25) is 0 Å². The van der Waals surface area contributed by atoms with Gasteiger partial charge in [0, 0.05) is 11.1 Å². The fourth-order valence-electron chi connectivity index (χ4n) is 1.19. The lowest BCUT2D eigenvalue weighted by Crippen LogP contribution is -2.39. The van der Waals surface area contributed by atoms with E-state index in [-0.39, 0.29) is 11.3 Å². The van der Waals surface area contributed by atoms with Crippen LogP contribution in [0, 0.1) is 6.92 Å². The molecule has 0 heterocycles. The largest absolute Gasteiger partial charge is 0.305 e. The van der Waals surface area contributed by atoms with E-state index >= 15 is 0 Å². The number of rotatable bonds is 3. The summed E-state index contributed by atoms with van der Waals surface area (Å²) in [6.07, 6.45) is 0. The summed E-state index contributed by atoms with van der Waals surface area (Å²) in [6.45, 7) is 8.56. The van der Waals surface area contributed by atoms with E-state index in [2.05, 4.69) is 26.1 Å². The van der Waals surface area contributed by atoms with Crippen molar-refractivity contribution in [3.05, 3.63) is 35.4 Å². The van der Waals surface area contributed by atoms with Gasteiger partial charge in [-0.3, -0.25) is 4.79 Å². The monoisotopic (exact) mass is 205 g/mol. The number of ketones is 1. The molecule has 2 nitrogen and oxygen atoms in total. The van der Waals surface area contributed by atoms with Crippen LogP contribution in [0.5, 0.6) is 0 Å². The molecular weight excluding hydrogens is 186 g/mol. The molecule has 0 aromatic heterocycles. The van der Waals surface area contributed by atoms with Crippen LogP contribution >= 0.6 is 0 Å². The van der Waals surface area contributed by atoms with E-state index in [0.717, 1.165) is 5.56 Å². The van der Waals surface area contributed by atoms with Gasteiger partial charge in [-0.1, -0.05) is 29.8 Å². The topological polar surface area (TPSA) is 29.1 Å². The first kappa shape index (κ1) is 11.9. The van der Waals surface area contributed by atoms with Gasteiger partial charge >= 0.3 is 0 Å². The predicted molar refractivity (Wildman–Crippen MR) is 63.3 cm³/mol. The molecule has 1 aromatic carbocycles. The molecule has 0 unspecified atom stereocenters. The standard InChI is InChI=1S/C13H19NO/c1-10-5-7-11(8-6-10)12(15)9-14-13(2,3)4/h5-8,14H,9H2,1-4H3. The van der Waals surface area contributed by atoms with Crippen molar-refractivity contribution in [2.24, 2.45) is 0 Å². The van der Waals surface area contributed by atoms with Crippen LogP contribution in [0.2, 0.25) is 0 Å². The fraction of sp³-hybridized carbons (Fsp3) is 0.462. The minimum atomic E-state index is -0.0135. The molecule has 0 aliphatic heterocycles. The minimum absolute atomic E-state index is 0.0135. The van der Waals surface area contributed by atoms with Crippen LogP contribution < -0.4 is 5.32 Å². The number of nitrogens with one attached hydrogen (secondary N) is 1. The first-order valence-corrected chi connectivity index (χ1v) is 5.23. The second kappa shape index (κ2) is 4.58. The third kappa shape index (κ3) is 4.26. The Bertz CT molecular complexity index is 333. The Kier molecular flexibility index (Phi) is 3.64. The molecule has 0 bridgehead atoms. The van der Waals surface area contributed by atoms with Crippen molar-refractivity contribution in [3.8, 4) is 0 Å². The first-order valence-electron chi connectivity index (χ1n) is 5.23. The lowest BCUT2D eigenvalue weighted by Gasteiger charge is -2.19. The van der Waals surface area contributed by atoms with Crippen molar-refractivity contribution in [1.82, 2.24) is 5.32 Å². The molecule has 2 heteroatoms. The number of hydrogen-bond donors (Lipinski definition) is 1. The number of carbonyl (C=O) groups is 1. The Labute approximate surface area is 91.7 Å². The Morgan fingerprint density at radius 2 is 1.73 bits per heavy atom. The average molecular weight is 205 g/mol. The van der Waals surface area contributed by atoms with Crippen LogP contribution in [0.3, 0.4) is 0 Å². The molecule has 0 saturated heterocycles. The van der Waals surface area contributed by atoms with E-state index in [1.807, 2.05) is 31.2 Å². The average Bonchev–Trinajstić information content (AvgIpc) is 2.14. The van der Waals surface area contributed by atoms with E-state index in [1.54, 1.807) is 0 Å². The van der Waals surface area contributed by atoms with Gasteiger partial charge in [0.25, 0.3) is 0 Å². The number of benzene rings is 1. The van der Waals surface area contributed by atoms with E-state index in [1.165, 1.54) is 5.56 Å². The van der Waals surface area contributed by atoms with Gasteiger partial charge in [0.1, 0.15) is 0 Å². The molecule has 0 spiro atoms. The van der Waals surface area contributed by atoms with Crippen LogP contribution in [0.15, 0.2) is 24.3 Å². The van der Waals surface area contributed by atoms with Gasteiger partial charge < -0.3 is 5.32 Å². The van der Waals surface area contributed by atoms with Gasteiger partial charge in [-0.05, 0) is 27.7 Å². The zero-order valence-electron chi connectivity index (χ0n) is 9.92. The fourth-order valence-corrected chi connectivity index (χ4v) is 1.19. The van der Waals surface area contributed by atoms with Crippen LogP contribution in [0.4, 0.5) is 0 Å². The molecule has 1 rings (SSSR count). The maximum Gasteiger partial charge on any atom is 0.176 e. The summed E-state index contributed by atoms with van der Waals surface area (Å²) in [5.41, 5.74) is 1.94. The molecule has 0 amide bonds. The van der Waals surface area contributed by atoms with Crippen LogP contribution in [0.25, 0.3) is 0 Å². The van der Waals surface area contributed by atoms with E-state index in [0.29, 0.717) is 6.54 Å². The maximum absolute atomic E-state index is 11.7. The van der Waals surface area contributed by atoms with E-state index in [4.69, 9.17) is 0 Å². The first-order chi connectivity index (χ1) is 6.88. The SMILES string of the molecule is Cc1ccc(C(=O)CNC(C)(C)C)cc1. The van der Waals surface area contributed by atoms with Gasteiger partial charge in [-0.2, -0.15) is 0 Å². The maximum atomic E-state index is 11.7. The van der Waals surface area contributed by atoms with Crippen molar-refractivity contribution >= 4 is 5.78 Å². The Hall–Kier alpha value is -1.15. The van der Waals surface area contributed by atoms with Crippen LogP contribution in [-0.2, 0) is 0 Å². The lowest BCUT2D eigenvalue weighted by molar-refractivity contribution is 0.0982. The van der Waals surface area contributed by atoms with E-state index in [9.17, 15) is 4.79 Å². The molecule has 1 aromatic rings. The van der Waals surface area contributed by atoms with Crippen molar-refractivity contribution < 1.29 is 4.79 Å². The van der Waals surface area contributed by atoms with Crippen molar-refractivity contribution in [3.63, 3.8) is 0 Å². The summed E-state index contributed by atoms with van der Waals surface area (Å²) in [5.74, 6) is 0.143. The normalized spacial score (nSPS) is 11.5. The van der Waals surface area contributed by atoms with Gasteiger partial charge in [-0.25, -0.2) is 0 Å². The highest BCUT2D eigenvalue weighted by Crippen LogP contribution is 2.05. The summed E-state index contributed by atoms with van der Waals surface area (Å²) in [5, 5.41) is 3.19. The molecule has 15 heavy (non-hydrogen) atoms. The molecular formula is C13H19NO. The van der Waals surface area contributed by atoms with Crippen molar-refractivity contribution in [2.45, 2.75) is 33.2 Å². The summed E-state index contributed by atoms with van der Waals surface area (Å²) < 4.78 is 0. The molecule has 82 valence electrons. The minimum Gasteiger partial charge on any atom is -0.305 e. The molecule has 0 saturated carbocycles. The Morgan fingerprint density at radius 1 is 1.20 bits per heavy atom. The molecule has 0 radical (unpaired) electrons. The third-order valence-electron chi connectivity index (χ3n) is 2.15. The third-order valence-corrected chi connectivity index (χ3v) is 2.15. The molecule has 0 atom stereocenters. The number of aryl methyl sites for hydroxylation is 1. The zero-order valence-corrected chi connectivity index (χ0v) is 9.92. The second-order valence-electron chi connectivity index (χ2n) is 4.89. The smallest absolute Gasteiger partial charge is 0.176 e. The Balaban J connectivity index is 2.58. The number of carbonyl (C=O) groups excluding carboxylic acids is 1. The molecule has 1 N–H and O–H groups in total. The highest BCUT2D eigenvalue weighted by molar-refractivity contribution is 5.97.